The lowest BCUT2D eigenvalue weighted by molar-refractivity contribution is 0.509. The highest BCUT2D eigenvalue weighted by atomic mass is 32.2. The number of nitrogens with one attached hydrogen (secondary N) is 1. The molecular formula is C16H17F2N3O2S. The van der Waals surface area contributed by atoms with Crippen LogP contribution < -0.4 is 9.62 Å². The highest BCUT2D eigenvalue weighted by molar-refractivity contribution is 7.92. The topological polar surface area (TPSA) is 62.3 Å². The molecule has 0 atom stereocenters. The molecule has 0 bridgehead atoms. The molecule has 1 aromatic carbocycles. The van der Waals surface area contributed by atoms with Crippen LogP contribution in [0, 0.1) is 11.6 Å². The van der Waals surface area contributed by atoms with Crippen molar-refractivity contribution >= 4 is 21.5 Å². The molecular weight excluding hydrogens is 336 g/mol. The highest BCUT2D eigenvalue weighted by Gasteiger charge is 2.16. The third kappa shape index (κ3) is 4.29. The van der Waals surface area contributed by atoms with Crippen molar-refractivity contribution in [2.45, 2.75) is 11.8 Å². The van der Waals surface area contributed by atoms with E-state index in [4.69, 9.17) is 0 Å². The zero-order valence-corrected chi connectivity index (χ0v) is 14.1. The SMILES string of the molecule is C=C(C)CN(C)c1ccc(S(=O)(=O)Nc2ccc(F)c(F)c2)cn1. The second-order valence-electron chi connectivity index (χ2n) is 5.40. The van der Waals surface area contributed by atoms with Crippen molar-refractivity contribution < 1.29 is 17.2 Å². The van der Waals surface area contributed by atoms with E-state index in [0.29, 0.717) is 12.4 Å². The van der Waals surface area contributed by atoms with Crippen molar-refractivity contribution in [3.8, 4) is 0 Å². The highest BCUT2D eigenvalue weighted by Crippen LogP contribution is 2.19. The molecule has 0 fully saturated rings. The first-order valence-corrected chi connectivity index (χ1v) is 8.47. The van der Waals surface area contributed by atoms with Gasteiger partial charge in [-0.3, -0.25) is 4.72 Å². The van der Waals surface area contributed by atoms with E-state index in [1.807, 2.05) is 18.9 Å². The first-order chi connectivity index (χ1) is 11.2. The number of aromatic nitrogens is 1. The van der Waals surface area contributed by atoms with E-state index in [-0.39, 0.29) is 10.6 Å². The average Bonchev–Trinajstić information content (AvgIpc) is 2.50. The van der Waals surface area contributed by atoms with Gasteiger partial charge in [0.25, 0.3) is 10.0 Å². The summed E-state index contributed by atoms with van der Waals surface area (Å²) in [6.07, 6.45) is 1.20. The molecule has 24 heavy (non-hydrogen) atoms. The number of hydrogen-bond acceptors (Lipinski definition) is 4. The summed E-state index contributed by atoms with van der Waals surface area (Å²) in [5.41, 5.74) is 0.869. The van der Waals surface area contributed by atoms with Crippen LogP contribution in [0.25, 0.3) is 0 Å². The number of anilines is 2. The van der Waals surface area contributed by atoms with Crippen LogP contribution in [0.15, 0.2) is 53.6 Å². The van der Waals surface area contributed by atoms with Crippen LogP contribution in [0.1, 0.15) is 6.92 Å². The van der Waals surface area contributed by atoms with Gasteiger partial charge in [-0.2, -0.15) is 0 Å². The number of pyridine rings is 1. The molecule has 1 aromatic heterocycles. The van der Waals surface area contributed by atoms with E-state index < -0.39 is 21.7 Å². The third-order valence-corrected chi connectivity index (χ3v) is 4.47. The maximum Gasteiger partial charge on any atom is 0.263 e. The van der Waals surface area contributed by atoms with Gasteiger partial charge in [-0.05, 0) is 31.2 Å². The van der Waals surface area contributed by atoms with Crippen LogP contribution in [0.4, 0.5) is 20.3 Å². The molecule has 0 radical (unpaired) electrons. The molecule has 5 nitrogen and oxygen atoms in total. The molecule has 128 valence electrons. The second kappa shape index (κ2) is 6.96. The van der Waals surface area contributed by atoms with Gasteiger partial charge >= 0.3 is 0 Å². The molecule has 2 rings (SSSR count). The molecule has 2 aromatic rings. The second-order valence-corrected chi connectivity index (χ2v) is 7.08. The zero-order valence-electron chi connectivity index (χ0n) is 13.3. The van der Waals surface area contributed by atoms with Crippen molar-refractivity contribution in [3.05, 3.63) is 60.3 Å². The number of benzene rings is 1. The normalized spacial score (nSPS) is 11.2. The first kappa shape index (κ1) is 17.9. The average molecular weight is 353 g/mol. The van der Waals surface area contributed by atoms with Crippen LogP contribution >= 0.6 is 0 Å². The van der Waals surface area contributed by atoms with E-state index >= 15 is 0 Å². The Morgan fingerprint density at radius 3 is 2.50 bits per heavy atom. The minimum absolute atomic E-state index is 0.0719. The number of halogens is 2. The molecule has 8 heteroatoms. The smallest absolute Gasteiger partial charge is 0.263 e. The maximum absolute atomic E-state index is 13.2. The minimum Gasteiger partial charge on any atom is -0.356 e. The molecule has 0 saturated carbocycles. The van der Waals surface area contributed by atoms with Crippen molar-refractivity contribution in [2.75, 3.05) is 23.2 Å². The summed E-state index contributed by atoms with van der Waals surface area (Å²) >= 11 is 0. The van der Waals surface area contributed by atoms with Crippen LogP contribution in [-0.2, 0) is 10.0 Å². The third-order valence-electron chi connectivity index (χ3n) is 3.10. The summed E-state index contributed by atoms with van der Waals surface area (Å²) in [5.74, 6) is -1.60. The van der Waals surface area contributed by atoms with Crippen LogP contribution in [0.5, 0.6) is 0 Å². The van der Waals surface area contributed by atoms with Crippen molar-refractivity contribution in [3.63, 3.8) is 0 Å². The Hall–Kier alpha value is -2.48. The molecule has 0 unspecified atom stereocenters. The lowest BCUT2D eigenvalue weighted by Crippen LogP contribution is -2.20. The molecule has 1 heterocycles. The van der Waals surface area contributed by atoms with E-state index in [1.54, 1.807) is 6.07 Å². The molecule has 0 aliphatic rings. The summed E-state index contributed by atoms with van der Waals surface area (Å²) < 4.78 is 52.8. The summed E-state index contributed by atoms with van der Waals surface area (Å²) in [6, 6.07) is 5.71. The maximum atomic E-state index is 13.2. The van der Waals surface area contributed by atoms with Gasteiger partial charge in [0, 0.05) is 25.9 Å². The number of hydrogen-bond donors (Lipinski definition) is 1. The fourth-order valence-corrected chi connectivity index (χ4v) is 3.01. The summed E-state index contributed by atoms with van der Waals surface area (Å²) in [7, 11) is -2.14. The molecule has 0 saturated heterocycles. The van der Waals surface area contributed by atoms with Crippen molar-refractivity contribution in [2.24, 2.45) is 0 Å². The zero-order chi connectivity index (χ0) is 17.9. The Labute approximate surface area is 139 Å². The summed E-state index contributed by atoms with van der Waals surface area (Å²) in [6.45, 7) is 6.27. The Morgan fingerprint density at radius 2 is 1.96 bits per heavy atom. The number of nitrogens with zero attached hydrogens (tertiary/aromatic N) is 2. The number of rotatable bonds is 6. The standard InChI is InChI=1S/C16H17F2N3O2S/c1-11(2)10-21(3)16-7-5-13(9-19-16)24(22,23)20-12-4-6-14(17)15(18)8-12/h4-9,20H,1,10H2,2-3H3. The van der Waals surface area contributed by atoms with Gasteiger partial charge < -0.3 is 4.90 Å². The Kier molecular flexibility index (Phi) is 5.18. The van der Waals surface area contributed by atoms with Gasteiger partial charge in [0.15, 0.2) is 11.6 Å². The fraction of sp³-hybridized carbons (Fsp3) is 0.188. The lowest BCUT2D eigenvalue weighted by atomic mass is 10.3. The minimum atomic E-state index is -3.95. The van der Waals surface area contributed by atoms with E-state index in [0.717, 1.165) is 23.8 Å². The Morgan fingerprint density at radius 1 is 1.25 bits per heavy atom. The van der Waals surface area contributed by atoms with Gasteiger partial charge in [0.2, 0.25) is 0 Å². The number of sulfonamides is 1. The molecule has 1 N–H and O–H groups in total. The van der Waals surface area contributed by atoms with Crippen LogP contribution in [0.2, 0.25) is 0 Å². The van der Waals surface area contributed by atoms with E-state index in [2.05, 4.69) is 16.3 Å². The number of likely N-dealkylation sites (N-methyl/N-ethyl adjacent to an activating group) is 1. The van der Waals surface area contributed by atoms with E-state index in [9.17, 15) is 17.2 Å². The van der Waals surface area contributed by atoms with Gasteiger partial charge in [0.1, 0.15) is 10.7 Å². The van der Waals surface area contributed by atoms with Gasteiger partial charge in [-0.1, -0.05) is 12.2 Å². The lowest BCUT2D eigenvalue weighted by Gasteiger charge is -2.18. The molecule has 0 aliphatic carbocycles. The predicted molar refractivity (Wildman–Crippen MR) is 89.5 cm³/mol. The van der Waals surface area contributed by atoms with E-state index in [1.165, 1.54) is 12.3 Å². The summed E-state index contributed by atoms with van der Waals surface area (Å²) in [5, 5.41) is 0. The van der Waals surface area contributed by atoms with Gasteiger partial charge in [-0.15, -0.1) is 0 Å². The molecule has 0 spiro atoms. The molecule has 0 amide bonds. The largest absolute Gasteiger partial charge is 0.356 e. The molecule has 0 aliphatic heterocycles. The first-order valence-electron chi connectivity index (χ1n) is 6.98. The Bertz CT molecular complexity index is 852. The van der Waals surface area contributed by atoms with Crippen molar-refractivity contribution in [1.82, 2.24) is 4.98 Å². The van der Waals surface area contributed by atoms with Crippen LogP contribution in [0.3, 0.4) is 0 Å². The Balaban J connectivity index is 2.20. The van der Waals surface area contributed by atoms with Crippen molar-refractivity contribution in [1.29, 1.82) is 0 Å². The monoisotopic (exact) mass is 353 g/mol. The summed E-state index contributed by atoms with van der Waals surface area (Å²) in [4.78, 5) is 5.84. The fourth-order valence-electron chi connectivity index (χ4n) is 2.02. The quantitative estimate of drug-likeness (QED) is 0.811. The van der Waals surface area contributed by atoms with Gasteiger partial charge in [0.05, 0.1) is 5.69 Å². The van der Waals surface area contributed by atoms with Crippen LogP contribution in [-0.4, -0.2) is 27.0 Å². The van der Waals surface area contributed by atoms with Gasteiger partial charge in [-0.25, -0.2) is 22.2 Å². The predicted octanol–water partition coefficient (Wildman–Crippen LogP) is 3.17.